The molecule has 0 amide bonds. The maximum Gasteiger partial charge on any atom is 0.113 e. The van der Waals surface area contributed by atoms with Crippen molar-refractivity contribution in [3.8, 4) is 0 Å². The highest BCUT2D eigenvalue weighted by molar-refractivity contribution is 7.15. The average molecular weight is 221 g/mol. The summed E-state index contributed by atoms with van der Waals surface area (Å²) in [5.74, 6) is 0. The second-order valence-electron chi connectivity index (χ2n) is 3.47. The van der Waals surface area contributed by atoms with Gasteiger partial charge in [-0.3, -0.25) is 0 Å². The van der Waals surface area contributed by atoms with Gasteiger partial charge in [0.2, 0.25) is 0 Å². The molecule has 13 heavy (non-hydrogen) atoms. The Hall–Kier alpha value is -0.160. The van der Waals surface area contributed by atoms with Gasteiger partial charge in [-0.2, -0.15) is 0 Å². The number of hydrogen-bond donors (Lipinski definition) is 2. The van der Waals surface area contributed by atoms with Gasteiger partial charge in [-0.05, 0) is 13.8 Å². The Bertz CT molecular complexity index is 269. The summed E-state index contributed by atoms with van der Waals surface area (Å²) >= 11 is 7.16. The van der Waals surface area contributed by atoms with E-state index < -0.39 is 5.60 Å². The van der Waals surface area contributed by atoms with Gasteiger partial charge in [0.1, 0.15) is 9.34 Å². The van der Waals surface area contributed by atoms with Crippen molar-refractivity contribution in [2.45, 2.75) is 26.0 Å². The molecular formula is C8H13ClN2OS. The van der Waals surface area contributed by atoms with E-state index in [-0.39, 0.29) is 0 Å². The number of aromatic nitrogens is 1. The molecule has 0 spiro atoms. The summed E-state index contributed by atoms with van der Waals surface area (Å²) in [5.41, 5.74) is -0.680. The molecule has 0 aliphatic heterocycles. The smallest absolute Gasteiger partial charge is 0.113 e. The van der Waals surface area contributed by atoms with E-state index >= 15 is 0 Å². The lowest BCUT2D eigenvalue weighted by atomic mass is 10.1. The van der Waals surface area contributed by atoms with Crippen molar-refractivity contribution < 1.29 is 5.11 Å². The minimum atomic E-state index is -0.680. The van der Waals surface area contributed by atoms with Crippen LogP contribution < -0.4 is 5.32 Å². The molecule has 0 unspecified atom stereocenters. The minimum Gasteiger partial charge on any atom is -0.389 e. The van der Waals surface area contributed by atoms with Crippen molar-refractivity contribution >= 4 is 22.9 Å². The fourth-order valence-electron chi connectivity index (χ4n) is 0.845. The molecule has 3 nitrogen and oxygen atoms in total. The largest absolute Gasteiger partial charge is 0.389 e. The van der Waals surface area contributed by atoms with Crippen LogP contribution in [0.25, 0.3) is 0 Å². The number of rotatable bonds is 4. The molecule has 2 N–H and O–H groups in total. The zero-order valence-electron chi connectivity index (χ0n) is 7.67. The Morgan fingerprint density at radius 1 is 1.69 bits per heavy atom. The van der Waals surface area contributed by atoms with Gasteiger partial charge in [-0.15, -0.1) is 11.3 Å². The molecule has 0 saturated carbocycles. The van der Waals surface area contributed by atoms with Crippen LogP contribution in [0, 0.1) is 0 Å². The third-order valence-electron chi connectivity index (χ3n) is 1.36. The van der Waals surface area contributed by atoms with E-state index in [9.17, 15) is 5.11 Å². The molecule has 1 aromatic rings. The zero-order valence-corrected chi connectivity index (χ0v) is 9.24. The van der Waals surface area contributed by atoms with Gasteiger partial charge in [0.15, 0.2) is 0 Å². The van der Waals surface area contributed by atoms with Crippen molar-refractivity contribution in [2.24, 2.45) is 0 Å². The fraction of sp³-hybridized carbons (Fsp3) is 0.625. The molecule has 0 aliphatic carbocycles. The van der Waals surface area contributed by atoms with Gasteiger partial charge in [0.25, 0.3) is 0 Å². The van der Waals surface area contributed by atoms with E-state index in [0.717, 1.165) is 5.01 Å². The molecule has 5 heteroatoms. The van der Waals surface area contributed by atoms with Crippen molar-refractivity contribution in [1.29, 1.82) is 0 Å². The topological polar surface area (TPSA) is 45.1 Å². The predicted octanol–water partition coefficient (Wildman–Crippen LogP) is 1.66. The Morgan fingerprint density at radius 2 is 2.38 bits per heavy atom. The molecule has 0 bridgehead atoms. The molecule has 0 aliphatic rings. The standard InChI is InChI=1S/C8H13ClN2OS/c1-8(2,12)5-10-4-7-11-3-6(9)13-7/h3,10,12H,4-5H2,1-2H3. The van der Waals surface area contributed by atoms with E-state index in [1.165, 1.54) is 11.3 Å². The maximum atomic E-state index is 9.40. The number of hydrogen-bond acceptors (Lipinski definition) is 4. The van der Waals surface area contributed by atoms with Gasteiger partial charge in [0.05, 0.1) is 11.8 Å². The van der Waals surface area contributed by atoms with Crippen LogP contribution in [-0.2, 0) is 6.54 Å². The van der Waals surface area contributed by atoms with Gasteiger partial charge in [-0.1, -0.05) is 11.6 Å². The van der Waals surface area contributed by atoms with Crippen LogP contribution in [0.1, 0.15) is 18.9 Å². The first-order valence-electron chi connectivity index (χ1n) is 4.01. The molecule has 0 atom stereocenters. The van der Waals surface area contributed by atoms with Crippen LogP contribution >= 0.6 is 22.9 Å². The van der Waals surface area contributed by atoms with Gasteiger partial charge in [-0.25, -0.2) is 4.98 Å². The fourth-order valence-corrected chi connectivity index (χ4v) is 1.77. The molecule has 0 fully saturated rings. The molecule has 0 saturated heterocycles. The van der Waals surface area contributed by atoms with Crippen LogP contribution in [0.15, 0.2) is 6.20 Å². The van der Waals surface area contributed by atoms with Gasteiger partial charge >= 0.3 is 0 Å². The summed E-state index contributed by atoms with van der Waals surface area (Å²) in [4.78, 5) is 4.08. The van der Waals surface area contributed by atoms with Crippen molar-refractivity contribution in [2.75, 3.05) is 6.54 Å². The van der Waals surface area contributed by atoms with Crippen molar-refractivity contribution in [1.82, 2.24) is 10.3 Å². The minimum absolute atomic E-state index is 0.546. The summed E-state index contributed by atoms with van der Waals surface area (Å²) in [6.07, 6.45) is 1.63. The number of nitrogens with zero attached hydrogens (tertiary/aromatic N) is 1. The van der Waals surface area contributed by atoms with E-state index in [2.05, 4.69) is 10.3 Å². The summed E-state index contributed by atoms with van der Waals surface area (Å²) in [7, 11) is 0. The summed E-state index contributed by atoms with van der Waals surface area (Å²) in [6, 6.07) is 0. The monoisotopic (exact) mass is 220 g/mol. The first-order chi connectivity index (χ1) is 5.97. The highest BCUT2D eigenvalue weighted by atomic mass is 35.5. The summed E-state index contributed by atoms with van der Waals surface area (Å²) < 4.78 is 0.694. The molecule has 74 valence electrons. The average Bonchev–Trinajstić information content (AvgIpc) is 2.33. The zero-order chi connectivity index (χ0) is 9.90. The van der Waals surface area contributed by atoms with E-state index in [0.29, 0.717) is 17.4 Å². The second-order valence-corrected chi connectivity index (χ2v) is 5.22. The lowest BCUT2D eigenvalue weighted by Crippen LogP contribution is -2.34. The number of thiazole rings is 1. The van der Waals surface area contributed by atoms with Crippen LogP contribution in [0.5, 0.6) is 0 Å². The SMILES string of the molecule is CC(C)(O)CNCc1ncc(Cl)s1. The van der Waals surface area contributed by atoms with Crippen LogP contribution in [-0.4, -0.2) is 22.2 Å². The van der Waals surface area contributed by atoms with Gasteiger partial charge in [0, 0.05) is 13.1 Å². The molecule has 1 heterocycles. The molecule has 0 radical (unpaired) electrons. The van der Waals surface area contributed by atoms with E-state index in [1.807, 2.05) is 0 Å². The first kappa shape index (κ1) is 10.9. The third kappa shape index (κ3) is 4.57. The Kier molecular flexibility index (Phi) is 3.67. The quantitative estimate of drug-likeness (QED) is 0.811. The van der Waals surface area contributed by atoms with E-state index in [1.54, 1.807) is 20.0 Å². The third-order valence-corrected chi connectivity index (χ3v) is 2.47. The molecule has 1 aromatic heterocycles. The Balaban J connectivity index is 2.28. The Morgan fingerprint density at radius 3 is 2.85 bits per heavy atom. The summed E-state index contributed by atoms with van der Waals surface area (Å²) in [5, 5.41) is 13.4. The number of aliphatic hydroxyl groups is 1. The normalized spacial score (nSPS) is 12.0. The number of halogens is 1. The number of nitrogens with one attached hydrogen (secondary N) is 1. The lowest BCUT2D eigenvalue weighted by Gasteiger charge is -2.16. The van der Waals surface area contributed by atoms with Crippen LogP contribution in [0.4, 0.5) is 0 Å². The van der Waals surface area contributed by atoms with Crippen molar-refractivity contribution in [3.63, 3.8) is 0 Å². The van der Waals surface area contributed by atoms with Crippen molar-refractivity contribution in [3.05, 3.63) is 15.5 Å². The molecule has 0 aromatic carbocycles. The highest BCUT2D eigenvalue weighted by Crippen LogP contribution is 2.17. The highest BCUT2D eigenvalue weighted by Gasteiger charge is 2.11. The second kappa shape index (κ2) is 4.37. The molecule has 1 rings (SSSR count). The lowest BCUT2D eigenvalue weighted by molar-refractivity contribution is 0.0795. The predicted molar refractivity (Wildman–Crippen MR) is 55.1 cm³/mol. The van der Waals surface area contributed by atoms with E-state index in [4.69, 9.17) is 11.6 Å². The molecular weight excluding hydrogens is 208 g/mol. The summed E-state index contributed by atoms with van der Waals surface area (Å²) in [6.45, 7) is 4.72. The van der Waals surface area contributed by atoms with Crippen LogP contribution in [0.2, 0.25) is 4.34 Å². The van der Waals surface area contributed by atoms with Gasteiger partial charge < -0.3 is 10.4 Å². The first-order valence-corrected chi connectivity index (χ1v) is 5.20. The maximum absolute atomic E-state index is 9.40. The Labute approximate surface area is 86.8 Å². The van der Waals surface area contributed by atoms with Crippen LogP contribution in [0.3, 0.4) is 0 Å².